The summed E-state index contributed by atoms with van der Waals surface area (Å²) in [6, 6.07) is 11.6. The van der Waals surface area contributed by atoms with Crippen LogP contribution in [0.2, 0.25) is 0 Å². The first-order valence-electron chi connectivity index (χ1n) is 6.39. The van der Waals surface area contributed by atoms with Gasteiger partial charge in [-0.1, -0.05) is 18.2 Å². The van der Waals surface area contributed by atoms with Crippen LogP contribution in [0.3, 0.4) is 0 Å². The van der Waals surface area contributed by atoms with E-state index in [1.54, 1.807) is 18.4 Å². The highest BCUT2D eigenvalue weighted by molar-refractivity contribution is 7.15. The molecule has 0 aliphatic rings. The predicted molar refractivity (Wildman–Crippen MR) is 82.9 cm³/mol. The van der Waals surface area contributed by atoms with E-state index in [-0.39, 0.29) is 11.6 Å². The maximum absolute atomic E-state index is 12.1. The molecule has 102 valence electrons. The van der Waals surface area contributed by atoms with Crippen molar-refractivity contribution >= 4 is 22.1 Å². The van der Waals surface area contributed by atoms with Gasteiger partial charge in [-0.05, 0) is 25.1 Å². The second-order valence-corrected chi connectivity index (χ2v) is 5.93. The molecule has 0 aliphatic heterocycles. The van der Waals surface area contributed by atoms with Crippen molar-refractivity contribution < 1.29 is 0 Å². The fourth-order valence-electron chi connectivity index (χ4n) is 2.21. The van der Waals surface area contributed by atoms with Gasteiger partial charge in [0.05, 0.1) is 10.3 Å². The Labute approximate surface area is 120 Å². The summed E-state index contributed by atoms with van der Waals surface area (Å²) in [6.07, 6.45) is 0. The number of benzene rings is 1. The molecule has 3 aromatic rings. The molecule has 0 radical (unpaired) electrons. The molecule has 2 N–H and O–H groups in total. The Bertz CT molecular complexity index is 832. The minimum absolute atomic E-state index is 0.00699. The third-order valence-corrected chi connectivity index (χ3v) is 4.56. The third kappa shape index (κ3) is 2.05. The van der Waals surface area contributed by atoms with Crippen molar-refractivity contribution in [3.63, 3.8) is 0 Å². The van der Waals surface area contributed by atoms with Crippen molar-refractivity contribution in [2.24, 2.45) is 12.8 Å². The normalized spacial score (nSPS) is 12.8. The Kier molecular flexibility index (Phi) is 3.16. The highest BCUT2D eigenvalue weighted by Crippen LogP contribution is 2.32. The second kappa shape index (κ2) is 4.85. The quantitative estimate of drug-likeness (QED) is 0.787. The number of thiophene rings is 1. The summed E-state index contributed by atoms with van der Waals surface area (Å²) in [5, 5.41) is 5.99. The molecule has 0 aliphatic carbocycles. The molecule has 1 atom stereocenters. The zero-order valence-electron chi connectivity index (χ0n) is 11.3. The Balaban J connectivity index is 2.30. The summed E-state index contributed by atoms with van der Waals surface area (Å²) < 4.78 is 1.39. The molecule has 5 heteroatoms. The number of aryl methyl sites for hydroxylation is 1. The molecule has 0 bridgehead atoms. The highest BCUT2D eigenvalue weighted by atomic mass is 32.1. The van der Waals surface area contributed by atoms with Crippen LogP contribution in [0, 0.1) is 0 Å². The minimum atomic E-state index is -0.0756. The van der Waals surface area contributed by atoms with Gasteiger partial charge in [-0.25, -0.2) is 4.68 Å². The lowest BCUT2D eigenvalue weighted by Gasteiger charge is -2.06. The van der Waals surface area contributed by atoms with E-state index in [9.17, 15) is 4.79 Å². The number of nitrogens with zero attached hydrogens (tertiary/aromatic N) is 2. The van der Waals surface area contributed by atoms with E-state index >= 15 is 0 Å². The van der Waals surface area contributed by atoms with E-state index in [0.29, 0.717) is 5.39 Å². The van der Waals surface area contributed by atoms with Gasteiger partial charge in [0.2, 0.25) is 0 Å². The number of hydrogen-bond acceptors (Lipinski definition) is 4. The summed E-state index contributed by atoms with van der Waals surface area (Å²) in [5.74, 6) is 0. The van der Waals surface area contributed by atoms with Gasteiger partial charge in [0.25, 0.3) is 5.56 Å². The smallest absolute Gasteiger partial charge is 0.274 e. The number of hydrogen-bond donors (Lipinski definition) is 1. The van der Waals surface area contributed by atoms with Crippen LogP contribution in [-0.2, 0) is 7.05 Å². The van der Waals surface area contributed by atoms with Gasteiger partial charge < -0.3 is 5.73 Å². The van der Waals surface area contributed by atoms with Crippen LogP contribution in [0.4, 0.5) is 0 Å². The lowest BCUT2D eigenvalue weighted by atomic mass is 10.1. The molecule has 0 spiro atoms. The average molecular weight is 285 g/mol. The van der Waals surface area contributed by atoms with E-state index in [4.69, 9.17) is 5.73 Å². The van der Waals surface area contributed by atoms with Gasteiger partial charge in [-0.2, -0.15) is 5.10 Å². The van der Waals surface area contributed by atoms with Crippen LogP contribution < -0.4 is 11.3 Å². The molecule has 0 fully saturated rings. The van der Waals surface area contributed by atoms with Gasteiger partial charge >= 0.3 is 0 Å². The lowest BCUT2D eigenvalue weighted by molar-refractivity contribution is 0.723. The molecule has 0 saturated heterocycles. The lowest BCUT2D eigenvalue weighted by Crippen LogP contribution is -2.20. The molecular weight excluding hydrogens is 270 g/mol. The van der Waals surface area contributed by atoms with Crippen LogP contribution in [0.15, 0.2) is 41.2 Å². The monoisotopic (exact) mass is 285 g/mol. The summed E-state index contributed by atoms with van der Waals surface area (Å²) in [5.41, 5.74) is 6.66. The van der Waals surface area contributed by atoms with Gasteiger partial charge in [-0.15, -0.1) is 11.3 Å². The topological polar surface area (TPSA) is 60.9 Å². The van der Waals surface area contributed by atoms with Crippen molar-refractivity contribution in [2.45, 2.75) is 13.0 Å². The van der Waals surface area contributed by atoms with E-state index in [1.807, 2.05) is 43.3 Å². The predicted octanol–water partition coefficient (Wildman–Crippen LogP) is 2.68. The van der Waals surface area contributed by atoms with Crippen LogP contribution in [-0.4, -0.2) is 9.78 Å². The van der Waals surface area contributed by atoms with Gasteiger partial charge in [0.15, 0.2) is 0 Å². The number of rotatable bonds is 2. The van der Waals surface area contributed by atoms with Gasteiger partial charge in [0, 0.05) is 23.4 Å². The van der Waals surface area contributed by atoms with Crippen molar-refractivity contribution in [2.75, 3.05) is 0 Å². The SMILES string of the molecule is CC(N)c1ccc(-c2nn(C)c(=O)c3ccccc23)s1. The van der Waals surface area contributed by atoms with Gasteiger partial charge in [-0.3, -0.25) is 4.79 Å². The van der Waals surface area contributed by atoms with Gasteiger partial charge in [0.1, 0.15) is 5.69 Å². The van der Waals surface area contributed by atoms with E-state index in [1.165, 1.54) is 4.68 Å². The largest absolute Gasteiger partial charge is 0.324 e. The molecule has 20 heavy (non-hydrogen) atoms. The maximum Gasteiger partial charge on any atom is 0.274 e. The molecule has 3 rings (SSSR count). The third-order valence-electron chi connectivity index (χ3n) is 3.27. The maximum atomic E-state index is 12.1. The standard InChI is InChI=1S/C15H15N3OS/c1-9(16)12-7-8-13(20-12)14-10-5-3-4-6-11(10)15(19)18(2)17-14/h3-9H,16H2,1-2H3. The van der Waals surface area contributed by atoms with Crippen molar-refractivity contribution in [1.82, 2.24) is 9.78 Å². The Morgan fingerprint density at radius 2 is 1.90 bits per heavy atom. The zero-order chi connectivity index (χ0) is 14.3. The molecule has 1 aromatic carbocycles. The summed E-state index contributed by atoms with van der Waals surface area (Å²) in [7, 11) is 1.68. The fourth-order valence-corrected chi connectivity index (χ4v) is 3.17. The first kappa shape index (κ1) is 13.0. The van der Waals surface area contributed by atoms with E-state index in [0.717, 1.165) is 20.8 Å². The molecule has 2 heterocycles. The molecule has 2 aromatic heterocycles. The Morgan fingerprint density at radius 3 is 2.55 bits per heavy atom. The number of aromatic nitrogens is 2. The Morgan fingerprint density at radius 1 is 1.20 bits per heavy atom. The first-order valence-corrected chi connectivity index (χ1v) is 7.21. The number of nitrogens with two attached hydrogens (primary N) is 1. The zero-order valence-corrected chi connectivity index (χ0v) is 12.1. The van der Waals surface area contributed by atoms with E-state index < -0.39 is 0 Å². The van der Waals surface area contributed by atoms with Crippen LogP contribution >= 0.6 is 11.3 Å². The van der Waals surface area contributed by atoms with Crippen molar-refractivity contribution in [3.05, 3.63) is 51.6 Å². The van der Waals surface area contributed by atoms with Crippen LogP contribution in [0.5, 0.6) is 0 Å². The summed E-state index contributed by atoms with van der Waals surface area (Å²) in [4.78, 5) is 14.3. The summed E-state index contributed by atoms with van der Waals surface area (Å²) in [6.45, 7) is 1.96. The first-order chi connectivity index (χ1) is 9.58. The second-order valence-electron chi connectivity index (χ2n) is 4.81. The minimum Gasteiger partial charge on any atom is -0.324 e. The molecule has 4 nitrogen and oxygen atoms in total. The summed E-state index contributed by atoms with van der Waals surface area (Å²) >= 11 is 1.62. The fraction of sp³-hybridized carbons (Fsp3) is 0.200. The number of fused-ring (bicyclic) bond motifs is 1. The van der Waals surface area contributed by atoms with Crippen molar-refractivity contribution in [3.8, 4) is 10.6 Å². The Hall–Kier alpha value is -1.98. The van der Waals surface area contributed by atoms with E-state index in [2.05, 4.69) is 5.10 Å². The average Bonchev–Trinajstić information content (AvgIpc) is 2.93. The van der Waals surface area contributed by atoms with Crippen LogP contribution in [0.25, 0.3) is 21.3 Å². The molecule has 1 unspecified atom stereocenters. The molecular formula is C15H15N3OS. The molecule has 0 amide bonds. The highest BCUT2D eigenvalue weighted by Gasteiger charge is 2.13. The van der Waals surface area contributed by atoms with Crippen molar-refractivity contribution in [1.29, 1.82) is 0 Å². The van der Waals surface area contributed by atoms with Crippen LogP contribution in [0.1, 0.15) is 17.8 Å². The molecule has 0 saturated carbocycles.